The fourth-order valence-electron chi connectivity index (χ4n) is 2.76. The molecule has 2 unspecified atom stereocenters. The average molecular weight is 286 g/mol. The predicted octanol–water partition coefficient (Wildman–Crippen LogP) is 2.50. The molecule has 1 heterocycles. The summed E-state index contributed by atoms with van der Waals surface area (Å²) in [6.45, 7) is 7.98. The van der Waals surface area contributed by atoms with Crippen molar-refractivity contribution >= 4 is 0 Å². The Morgan fingerprint density at radius 1 is 1.24 bits per heavy atom. The van der Waals surface area contributed by atoms with Gasteiger partial charge in [0, 0.05) is 24.7 Å². The SMILES string of the molecule is CC1CCC(C)N(CCOc2ccc(C#CCN)cc2)C1. The monoisotopic (exact) mass is 286 g/mol. The molecule has 2 atom stereocenters. The van der Waals surface area contributed by atoms with Crippen LogP contribution in [0, 0.1) is 17.8 Å². The molecule has 3 heteroatoms. The fraction of sp³-hybridized carbons (Fsp3) is 0.556. The van der Waals surface area contributed by atoms with E-state index in [4.69, 9.17) is 10.5 Å². The average Bonchev–Trinajstić information content (AvgIpc) is 2.50. The number of benzene rings is 1. The van der Waals surface area contributed by atoms with E-state index >= 15 is 0 Å². The fourth-order valence-corrected chi connectivity index (χ4v) is 2.76. The van der Waals surface area contributed by atoms with Crippen molar-refractivity contribution in [3.8, 4) is 17.6 Å². The highest BCUT2D eigenvalue weighted by molar-refractivity contribution is 5.38. The van der Waals surface area contributed by atoms with Gasteiger partial charge in [-0.3, -0.25) is 4.90 Å². The maximum atomic E-state index is 5.84. The van der Waals surface area contributed by atoms with Crippen molar-refractivity contribution in [3.63, 3.8) is 0 Å². The topological polar surface area (TPSA) is 38.5 Å². The quantitative estimate of drug-likeness (QED) is 0.864. The Morgan fingerprint density at radius 3 is 2.71 bits per heavy atom. The summed E-state index contributed by atoms with van der Waals surface area (Å²) < 4.78 is 5.84. The van der Waals surface area contributed by atoms with Gasteiger partial charge in [-0.1, -0.05) is 18.8 Å². The minimum atomic E-state index is 0.394. The highest BCUT2D eigenvalue weighted by atomic mass is 16.5. The molecule has 1 aromatic carbocycles. The number of hydrogen-bond donors (Lipinski definition) is 1. The van der Waals surface area contributed by atoms with Crippen LogP contribution in [0.2, 0.25) is 0 Å². The molecule has 0 aliphatic carbocycles. The lowest BCUT2D eigenvalue weighted by Crippen LogP contribution is -2.43. The second-order valence-corrected chi connectivity index (χ2v) is 5.91. The normalized spacial score (nSPS) is 22.4. The molecule has 3 nitrogen and oxygen atoms in total. The van der Waals surface area contributed by atoms with E-state index < -0.39 is 0 Å². The second kappa shape index (κ2) is 8.07. The molecule has 0 radical (unpaired) electrons. The van der Waals surface area contributed by atoms with Gasteiger partial charge in [-0.25, -0.2) is 0 Å². The molecule has 0 aromatic heterocycles. The molecule has 1 fully saturated rings. The van der Waals surface area contributed by atoms with Crippen LogP contribution in [0.4, 0.5) is 0 Å². The van der Waals surface area contributed by atoms with Gasteiger partial charge in [0.05, 0.1) is 6.54 Å². The van der Waals surface area contributed by atoms with E-state index in [0.717, 1.165) is 30.4 Å². The minimum Gasteiger partial charge on any atom is -0.492 e. The summed E-state index contributed by atoms with van der Waals surface area (Å²) >= 11 is 0. The summed E-state index contributed by atoms with van der Waals surface area (Å²) in [5.41, 5.74) is 6.34. The zero-order chi connectivity index (χ0) is 15.1. The van der Waals surface area contributed by atoms with Crippen molar-refractivity contribution in [2.24, 2.45) is 11.7 Å². The highest BCUT2D eigenvalue weighted by Gasteiger charge is 2.22. The number of rotatable bonds is 4. The van der Waals surface area contributed by atoms with Gasteiger partial charge < -0.3 is 10.5 Å². The molecule has 0 bridgehead atoms. The van der Waals surface area contributed by atoms with Crippen LogP contribution in [-0.2, 0) is 0 Å². The number of likely N-dealkylation sites (tertiary alicyclic amines) is 1. The highest BCUT2D eigenvalue weighted by Crippen LogP contribution is 2.21. The molecule has 21 heavy (non-hydrogen) atoms. The van der Waals surface area contributed by atoms with E-state index in [1.165, 1.54) is 19.4 Å². The third-order valence-corrected chi connectivity index (χ3v) is 4.08. The minimum absolute atomic E-state index is 0.394. The third-order valence-electron chi connectivity index (χ3n) is 4.08. The van der Waals surface area contributed by atoms with Gasteiger partial charge in [0.1, 0.15) is 12.4 Å². The van der Waals surface area contributed by atoms with Gasteiger partial charge in [-0.2, -0.15) is 0 Å². The first-order valence-electron chi connectivity index (χ1n) is 7.85. The lowest BCUT2D eigenvalue weighted by molar-refractivity contribution is 0.105. The van der Waals surface area contributed by atoms with E-state index in [1.54, 1.807) is 0 Å². The predicted molar refractivity (Wildman–Crippen MR) is 87.3 cm³/mol. The Bertz CT molecular complexity index is 486. The lowest BCUT2D eigenvalue weighted by atomic mass is 9.95. The first-order chi connectivity index (χ1) is 10.2. The molecule has 0 amide bonds. The Balaban J connectivity index is 1.77. The van der Waals surface area contributed by atoms with Crippen molar-refractivity contribution in [1.29, 1.82) is 0 Å². The summed E-state index contributed by atoms with van der Waals surface area (Å²) in [6.07, 6.45) is 2.65. The molecule has 114 valence electrons. The molecule has 1 aromatic rings. The Hall–Kier alpha value is -1.50. The standard InChI is InChI=1S/C18H26N2O/c1-15-5-6-16(2)20(14-15)12-13-21-18-9-7-17(8-10-18)4-3-11-19/h7-10,15-16H,5-6,11-14,19H2,1-2H3. The summed E-state index contributed by atoms with van der Waals surface area (Å²) in [5.74, 6) is 7.58. The summed E-state index contributed by atoms with van der Waals surface area (Å²) in [5, 5.41) is 0. The Labute approximate surface area is 128 Å². The van der Waals surface area contributed by atoms with Gasteiger partial charge in [0.2, 0.25) is 0 Å². The van der Waals surface area contributed by atoms with Crippen molar-refractivity contribution in [3.05, 3.63) is 29.8 Å². The van der Waals surface area contributed by atoms with E-state index in [0.29, 0.717) is 12.6 Å². The Morgan fingerprint density at radius 2 is 2.00 bits per heavy atom. The third kappa shape index (κ3) is 5.08. The number of nitrogens with two attached hydrogens (primary N) is 1. The maximum absolute atomic E-state index is 5.84. The molecular weight excluding hydrogens is 260 g/mol. The Kier molecular flexibility index (Phi) is 6.10. The number of ether oxygens (including phenoxy) is 1. The van der Waals surface area contributed by atoms with Gasteiger partial charge in [-0.05, 0) is 49.9 Å². The molecule has 2 N–H and O–H groups in total. The van der Waals surface area contributed by atoms with Crippen LogP contribution >= 0.6 is 0 Å². The molecule has 0 saturated carbocycles. The number of hydrogen-bond acceptors (Lipinski definition) is 3. The van der Waals surface area contributed by atoms with Gasteiger partial charge in [0.15, 0.2) is 0 Å². The van der Waals surface area contributed by atoms with Crippen molar-refractivity contribution in [2.75, 3.05) is 26.2 Å². The largest absolute Gasteiger partial charge is 0.492 e. The van der Waals surface area contributed by atoms with Crippen LogP contribution in [-0.4, -0.2) is 37.2 Å². The number of nitrogens with zero attached hydrogens (tertiary/aromatic N) is 1. The first kappa shape index (κ1) is 15.9. The zero-order valence-electron chi connectivity index (χ0n) is 13.1. The molecule has 1 saturated heterocycles. The van der Waals surface area contributed by atoms with E-state index in [1.807, 2.05) is 24.3 Å². The van der Waals surface area contributed by atoms with Crippen LogP contribution in [0.5, 0.6) is 5.75 Å². The molecule has 0 spiro atoms. The van der Waals surface area contributed by atoms with Gasteiger partial charge in [-0.15, -0.1) is 0 Å². The number of piperidine rings is 1. The van der Waals surface area contributed by atoms with E-state index in [9.17, 15) is 0 Å². The van der Waals surface area contributed by atoms with Crippen LogP contribution in [0.25, 0.3) is 0 Å². The molecule has 2 rings (SSSR count). The first-order valence-corrected chi connectivity index (χ1v) is 7.85. The summed E-state index contributed by atoms with van der Waals surface area (Å²) in [4.78, 5) is 2.54. The van der Waals surface area contributed by atoms with Crippen molar-refractivity contribution < 1.29 is 4.74 Å². The summed E-state index contributed by atoms with van der Waals surface area (Å²) in [7, 11) is 0. The van der Waals surface area contributed by atoms with Crippen LogP contribution in [0.15, 0.2) is 24.3 Å². The van der Waals surface area contributed by atoms with Gasteiger partial charge >= 0.3 is 0 Å². The molecule has 1 aliphatic rings. The van der Waals surface area contributed by atoms with E-state index in [-0.39, 0.29) is 0 Å². The van der Waals surface area contributed by atoms with Crippen LogP contribution < -0.4 is 10.5 Å². The lowest BCUT2D eigenvalue weighted by Gasteiger charge is -2.36. The smallest absolute Gasteiger partial charge is 0.119 e. The maximum Gasteiger partial charge on any atom is 0.119 e. The van der Waals surface area contributed by atoms with Crippen molar-refractivity contribution in [2.45, 2.75) is 32.7 Å². The van der Waals surface area contributed by atoms with Crippen molar-refractivity contribution in [1.82, 2.24) is 4.90 Å². The summed E-state index contributed by atoms with van der Waals surface area (Å²) in [6, 6.07) is 8.58. The van der Waals surface area contributed by atoms with Gasteiger partial charge in [0.25, 0.3) is 0 Å². The molecule has 1 aliphatic heterocycles. The molecular formula is C18H26N2O. The van der Waals surface area contributed by atoms with Crippen LogP contribution in [0.3, 0.4) is 0 Å². The second-order valence-electron chi connectivity index (χ2n) is 5.91. The van der Waals surface area contributed by atoms with Crippen LogP contribution in [0.1, 0.15) is 32.3 Å². The zero-order valence-corrected chi connectivity index (χ0v) is 13.1. The van der Waals surface area contributed by atoms with E-state index in [2.05, 4.69) is 30.6 Å².